The van der Waals surface area contributed by atoms with Gasteiger partial charge in [0.05, 0.1) is 24.5 Å². The lowest BCUT2D eigenvalue weighted by Crippen LogP contribution is -2.68. The molecule has 0 fully saturated rings. The Labute approximate surface area is 210 Å². The minimum atomic E-state index is -2.00. The second-order valence-corrected chi connectivity index (χ2v) is 11.0. The van der Waals surface area contributed by atoms with Gasteiger partial charge in [0.2, 0.25) is 0 Å². The number of nitrogens with one attached hydrogen (secondary N) is 1. The maximum Gasteiger partial charge on any atom is 0.405 e. The van der Waals surface area contributed by atoms with Crippen LogP contribution in [0.5, 0.6) is 5.75 Å². The van der Waals surface area contributed by atoms with E-state index in [1.165, 1.54) is 0 Å². The van der Waals surface area contributed by atoms with Gasteiger partial charge in [0.15, 0.2) is 0 Å². The molecule has 200 valence electrons. The van der Waals surface area contributed by atoms with E-state index in [1.54, 1.807) is 48.5 Å². The quantitative estimate of drug-likeness (QED) is 0.152. The number of ether oxygens (including phenoxy) is 3. The van der Waals surface area contributed by atoms with Crippen molar-refractivity contribution in [2.24, 2.45) is 0 Å². The van der Waals surface area contributed by atoms with Gasteiger partial charge in [-0.1, -0.05) is 12.1 Å². The monoisotopic (exact) mass is 517 g/mol. The molecule has 0 aliphatic carbocycles. The molecule has 0 saturated carbocycles. The lowest BCUT2D eigenvalue weighted by atomic mass is 9.89. The second kappa shape index (κ2) is 13.5. The van der Waals surface area contributed by atoms with E-state index in [0.717, 1.165) is 18.4 Å². The molecule has 1 rings (SSSR count). The zero-order chi connectivity index (χ0) is 26.8. The van der Waals surface area contributed by atoms with Crippen LogP contribution in [-0.2, 0) is 25.0 Å². The lowest BCUT2D eigenvalue weighted by Gasteiger charge is -2.50. The van der Waals surface area contributed by atoms with Crippen molar-refractivity contribution < 1.29 is 37.6 Å². The summed E-state index contributed by atoms with van der Waals surface area (Å²) in [6.45, 7) is 12.4. The molecular formula is C25H41FNO7P. The molecular weight excluding hydrogens is 476 g/mol. The van der Waals surface area contributed by atoms with E-state index in [2.05, 4.69) is 5.32 Å². The first-order chi connectivity index (χ1) is 16.2. The van der Waals surface area contributed by atoms with E-state index in [1.807, 2.05) is 24.3 Å². The number of unbranched alkanes of at least 4 members (excludes halogenated alkanes) is 2. The number of halogens is 1. The summed E-state index contributed by atoms with van der Waals surface area (Å²) < 4.78 is 47.6. The normalized spacial score (nSPS) is 14.5. The number of carboxylic acid groups (broad SMARTS) is 1. The van der Waals surface area contributed by atoms with Gasteiger partial charge in [-0.2, -0.15) is 0 Å². The average molecular weight is 518 g/mol. The number of carbonyl (C=O) groups is 1. The smallest absolute Gasteiger partial charge is 0.405 e. The number of rotatable bonds is 15. The summed E-state index contributed by atoms with van der Waals surface area (Å²) in [6, 6.07) is 7.47. The topological polar surface area (TPSA) is 103 Å². The highest BCUT2D eigenvalue weighted by Gasteiger charge is 2.58. The van der Waals surface area contributed by atoms with Crippen LogP contribution < -0.4 is 10.1 Å². The van der Waals surface area contributed by atoms with Gasteiger partial charge in [-0.25, -0.2) is 13.9 Å². The van der Waals surface area contributed by atoms with Crippen LogP contribution in [0.4, 0.5) is 9.18 Å². The Bertz CT molecular complexity index is 794. The number of aryl methyl sites for hydroxylation is 1. The summed E-state index contributed by atoms with van der Waals surface area (Å²) in [5.74, 6) is -1.33. The van der Waals surface area contributed by atoms with E-state index in [9.17, 15) is 18.9 Å². The number of hydrogen-bond donors (Lipinski definition) is 2. The Hall–Kier alpha value is -1.80. The number of amides is 1. The molecule has 0 aliphatic rings. The molecule has 0 bridgehead atoms. The summed E-state index contributed by atoms with van der Waals surface area (Å²) in [7, 11) is -0.725. The number of alkyl halides is 1. The first-order valence-corrected chi connectivity index (χ1v) is 12.6. The minimum Gasteiger partial charge on any atom is -0.494 e. The van der Waals surface area contributed by atoms with Gasteiger partial charge in [-0.05, 0) is 98.3 Å². The zero-order valence-electron chi connectivity index (χ0n) is 22.0. The Morgan fingerprint density at radius 3 is 2.17 bits per heavy atom. The van der Waals surface area contributed by atoms with Crippen molar-refractivity contribution in [1.29, 1.82) is 0 Å². The van der Waals surface area contributed by atoms with Crippen LogP contribution in [0.3, 0.4) is 0 Å². The molecule has 8 nitrogen and oxygen atoms in total. The Balaban J connectivity index is 3.24. The standard InChI is InChI=1S/C25H41FNO7P/c1-22(2,3)32-25(34-35-30,33-23(4,5)6)24(7,27-21(28)29)15-14-19-12-11-13-20(18-19)31-17-10-8-9-16-26/h11-13,18,27H,8-10,14-17H2,1-7H3,(H,28,29)/t24-/m1/s1. The van der Waals surface area contributed by atoms with Crippen LogP contribution in [0.2, 0.25) is 0 Å². The van der Waals surface area contributed by atoms with Gasteiger partial charge in [0, 0.05) is 0 Å². The van der Waals surface area contributed by atoms with Gasteiger partial charge in [0.25, 0.3) is 0 Å². The third kappa shape index (κ3) is 11.2. The van der Waals surface area contributed by atoms with Crippen LogP contribution in [0, 0.1) is 0 Å². The molecule has 1 amide bonds. The first kappa shape index (κ1) is 31.2. The fourth-order valence-corrected chi connectivity index (χ4v) is 3.89. The molecule has 0 spiro atoms. The highest BCUT2D eigenvalue weighted by atomic mass is 31.1. The van der Waals surface area contributed by atoms with E-state index >= 15 is 0 Å². The molecule has 0 saturated heterocycles. The van der Waals surface area contributed by atoms with Gasteiger partial charge in [0.1, 0.15) is 11.3 Å². The summed E-state index contributed by atoms with van der Waals surface area (Å²) in [5, 5.41) is 12.2. The van der Waals surface area contributed by atoms with Crippen molar-refractivity contribution in [2.75, 3.05) is 13.3 Å². The SMILES string of the molecule is CC(C)(C)OC(OP=O)(OC(C)(C)C)[C@@](C)(CCc1cccc(OCCCCCF)c1)NC(=O)O. The average Bonchev–Trinajstić information content (AvgIpc) is 2.69. The third-order valence-corrected chi connectivity index (χ3v) is 5.27. The van der Waals surface area contributed by atoms with Gasteiger partial charge < -0.3 is 24.6 Å². The van der Waals surface area contributed by atoms with E-state index < -0.39 is 37.5 Å². The van der Waals surface area contributed by atoms with E-state index in [4.69, 9.17) is 18.7 Å². The van der Waals surface area contributed by atoms with Crippen molar-refractivity contribution >= 4 is 14.8 Å². The minimum absolute atomic E-state index is 0.195. The van der Waals surface area contributed by atoms with Crippen molar-refractivity contribution in [3.63, 3.8) is 0 Å². The highest BCUT2D eigenvalue weighted by Crippen LogP contribution is 2.42. The first-order valence-electron chi connectivity index (χ1n) is 11.9. The lowest BCUT2D eigenvalue weighted by molar-refractivity contribution is -0.423. The third-order valence-electron chi connectivity index (χ3n) is 4.96. The predicted octanol–water partition coefficient (Wildman–Crippen LogP) is 6.67. The molecule has 1 atom stereocenters. The van der Waals surface area contributed by atoms with Gasteiger partial charge in [-0.3, -0.25) is 4.39 Å². The molecule has 35 heavy (non-hydrogen) atoms. The number of benzene rings is 1. The molecule has 0 radical (unpaired) electrons. The van der Waals surface area contributed by atoms with Crippen LogP contribution in [0.15, 0.2) is 24.3 Å². The fourth-order valence-electron chi connectivity index (χ4n) is 3.52. The largest absolute Gasteiger partial charge is 0.494 e. The molecule has 1 aromatic carbocycles. The Morgan fingerprint density at radius 2 is 1.66 bits per heavy atom. The molecule has 0 heterocycles. The van der Waals surface area contributed by atoms with Crippen molar-refractivity contribution in [3.8, 4) is 5.75 Å². The summed E-state index contributed by atoms with van der Waals surface area (Å²) in [5.41, 5.74) is -2.22. The van der Waals surface area contributed by atoms with E-state index in [-0.39, 0.29) is 13.1 Å². The molecule has 1 aromatic rings. The van der Waals surface area contributed by atoms with Crippen LogP contribution in [0.25, 0.3) is 0 Å². The molecule has 0 aromatic heterocycles. The summed E-state index contributed by atoms with van der Waals surface area (Å²) in [6.07, 6.45) is 1.36. The van der Waals surface area contributed by atoms with Crippen molar-refractivity contribution in [3.05, 3.63) is 29.8 Å². The predicted molar refractivity (Wildman–Crippen MR) is 133 cm³/mol. The van der Waals surface area contributed by atoms with Gasteiger partial charge in [-0.15, -0.1) is 0 Å². The second-order valence-electron chi connectivity index (χ2n) is 10.7. The molecule has 10 heteroatoms. The van der Waals surface area contributed by atoms with Crippen molar-refractivity contribution in [1.82, 2.24) is 5.32 Å². The maximum absolute atomic E-state index is 12.2. The highest BCUT2D eigenvalue weighted by molar-refractivity contribution is 7.17. The maximum atomic E-state index is 12.2. The van der Waals surface area contributed by atoms with Crippen molar-refractivity contribution in [2.45, 2.75) is 103 Å². The fraction of sp³-hybridized carbons (Fsp3) is 0.720. The zero-order valence-corrected chi connectivity index (χ0v) is 22.9. The van der Waals surface area contributed by atoms with Crippen LogP contribution in [0.1, 0.15) is 79.7 Å². The van der Waals surface area contributed by atoms with Crippen LogP contribution >= 0.6 is 8.69 Å². The molecule has 0 aliphatic heterocycles. The van der Waals surface area contributed by atoms with Crippen LogP contribution in [-0.4, -0.2) is 47.2 Å². The molecule has 2 N–H and O–H groups in total. The summed E-state index contributed by atoms with van der Waals surface area (Å²) >= 11 is 0. The Morgan fingerprint density at radius 1 is 1.03 bits per heavy atom. The number of hydrogen-bond acceptors (Lipinski definition) is 6. The summed E-state index contributed by atoms with van der Waals surface area (Å²) in [4.78, 5) is 11.9. The van der Waals surface area contributed by atoms with E-state index in [0.29, 0.717) is 25.2 Å². The van der Waals surface area contributed by atoms with Gasteiger partial charge >= 0.3 is 20.8 Å². The Kier molecular flexibility index (Phi) is 12.0. The molecule has 0 unspecified atom stereocenters.